The lowest BCUT2D eigenvalue weighted by atomic mass is 9.43. The zero-order chi connectivity index (χ0) is 27.3. The fourth-order valence-corrected chi connectivity index (χ4v) is 9.61. The standard InChI is InChI=1S/C30H34ClF2NO4/c1-27-8-7-20(36)10-23(27)24(32)11-22-21-9-18-14-34(13-17-3-5-19(31)6-4-17)16-29(18,26(38)15-35)28(21,2)12-25(37)30(22,27)33/h3-8,10,18,21-22,24-25,35,37H,9,11-16H2,1-2H3/t18-,21?,22-,24-,25-,27-,28-,29+,30-/m0/s1. The topological polar surface area (TPSA) is 77.8 Å². The van der Waals surface area contributed by atoms with Gasteiger partial charge in [0.25, 0.3) is 0 Å². The van der Waals surface area contributed by atoms with Gasteiger partial charge in [-0.25, -0.2) is 8.78 Å². The molecule has 38 heavy (non-hydrogen) atoms. The Kier molecular flexibility index (Phi) is 5.91. The second-order valence-electron chi connectivity index (χ2n) is 12.6. The number of benzene rings is 1. The molecule has 0 bridgehead atoms. The Morgan fingerprint density at radius 3 is 2.58 bits per heavy atom. The van der Waals surface area contributed by atoms with E-state index < -0.39 is 46.7 Å². The smallest absolute Gasteiger partial charge is 0.178 e. The molecular formula is C30H34ClF2NO4. The molecule has 3 saturated carbocycles. The van der Waals surface area contributed by atoms with Gasteiger partial charge in [0.1, 0.15) is 12.8 Å². The first-order chi connectivity index (χ1) is 17.9. The molecule has 4 aliphatic carbocycles. The van der Waals surface area contributed by atoms with Crippen LogP contribution in [0, 0.1) is 34.0 Å². The second-order valence-corrected chi connectivity index (χ2v) is 13.1. The summed E-state index contributed by atoms with van der Waals surface area (Å²) in [6.45, 7) is 4.49. The number of fused-ring (bicyclic) bond motifs is 7. The van der Waals surface area contributed by atoms with Crippen LogP contribution in [0.3, 0.4) is 0 Å². The van der Waals surface area contributed by atoms with Gasteiger partial charge in [0.05, 0.1) is 11.5 Å². The molecule has 1 aromatic carbocycles. The van der Waals surface area contributed by atoms with Crippen molar-refractivity contribution in [2.24, 2.45) is 34.0 Å². The van der Waals surface area contributed by atoms with Crippen molar-refractivity contribution in [3.63, 3.8) is 0 Å². The molecule has 0 aromatic heterocycles. The molecule has 2 N–H and O–H groups in total. The minimum Gasteiger partial charge on any atom is -0.390 e. The molecule has 1 unspecified atom stereocenters. The van der Waals surface area contributed by atoms with Gasteiger partial charge in [0.15, 0.2) is 17.2 Å². The van der Waals surface area contributed by atoms with Gasteiger partial charge in [-0.1, -0.05) is 36.7 Å². The molecule has 1 aromatic rings. The molecule has 0 spiro atoms. The highest BCUT2D eigenvalue weighted by molar-refractivity contribution is 6.30. The van der Waals surface area contributed by atoms with Crippen molar-refractivity contribution < 1.29 is 28.6 Å². The summed E-state index contributed by atoms with van der Waals surface area (Å²) in [7, 11) is 0. The van der Waals surface area contributed by atoms with Crippen LogP contribution < -0.4 is 0 Å². The van der Waals surface area contributed by atoms with E-state index in [0.29, 0.717) is 31.1 Å². The first-order valence-electron chi connectivity index (χ1n) is 13.5. The van der Waals surface area contributed by atoms with Crippen LogP contribution in [-0.4, -0.2) is 64.3 Å². The molecule has 9 atom stereocenters. The summed E-state index contributed by atoms with van der Waals surface area (Å²) in [5, 5.41) is 22.4. The van der Waals surface area contributed by atoms with Crippen molar-refractivity contribution in [2.45, 2.75) is 57.6 Å². The van der Waals surface area contributed by atoms with Crippen molar-refractivity contribution >= 4 is 23.2 Å². The quantitative estimate of drug-likeness (QED) is 0.591. The number of Topliss-reactive ketones (excluding diaryl/α,β-unsaturated/α-hetero) is 1. The molecule has 0 radical (unpaired) electrons. The van der Waals surface area contributed by atoms with Gasteiger partial charge in [-0.05, 0) is 78.9 Å². The van der Waals surface area contributed by atoms with E-state index in [9.17, 15) is 19.8 Å². The maximum Gasteiger partial charge on any atom is 0.178 e. The third-order valence-corrected chi connectivity index (χ3v) is 11.4. The predicted molar refractivity (Wildman–Crippen MR) is 139 cm³/mol. The van der Waals surface area contributed by atoms with E-state index in [1.807, 2.05) is 31.2 Å². The Morgan fingerprint density at radius 1 is 1.18 bits per heavy atom. The zero-order valence-corrected chi connectivity index (χ0v) is 22.4. The van der Waals surface area contributed by atoms with Gasteiger partial charge < -0.3 is 10.2 Å². The van der Waals surface area contributed by atoms with Crippen molar-refractivity contribution in [2.75, 3.05) is 19.7 Å². The van der Waals surface area contributed by atoms with Crippen LogP contribution >= 0.6 is 11.6 Å². The van der Waals surface area contributed by atoms with Crippen LogP contribution in [0.5, 0.6) is 0 Å². The molecule has 5 nitrogen and oxygen atoms in total. The number of hydrogen-bond donors (Lipinski definition) is 2. The van der Waals surface area contributed by atoms with Crippen LogP contribution in [-0.2, 0) is 16.1 Å². The van der Waals surface area contributed by atoms with Crippen LogP contribution in [0.4, 0.5) is 8.78 Å². The summed E-state index contributed by atoms with van der Waals surface area (Å²) < 4.78 is 33.1. The number of rotatable bonds is 4. The lowest BCUT2D eigenvalue weighted by molar-refractivity contribution is -0.212. The number of nitrogens with zero attached hydrogens (tertiary/aromatic N) is 1. The molecule has 1 saturated heterocycles. The molecule has 6 rings (SSSR count). The molecule has 5 aliphatic rings. The van der Waals surface area contributed by atoms with Crippen LogP contribution in [0.2, 0.25) is 5.02 Å². The number of halogens is 3. The molecule has 4 fully saturated rings. The van der Waals surface area contributed by atoms with Crippen molar-refractivity contribution in [3.05, 3.63) is 58.7 Å². The number of hydrogen-bond acceptors (Lipinski definition) is 5. The number of likely N-dealkylation sites (tertiary alicyclic amines) is 1. The zero-order valence-electron chi connectivity index (χ0n) is 21.7. The van der Waals surface area contributed by atoms with E-state index in [2.05, 4.69) is 4.90 Å². The van der Waals surface area contributed by atoms with E-state index in [4.69, 9.17) is 11.6 Å². The summed E-state index contributed by atoms with van der Waals surface area (Å²) in [5.74, 6) is -1.99. The third kappa shape index (κ3) is 3.19. The summed E-state index contributed by atoms with van der Waals surface area (Å²) in [4.78, 5) is 27.9. The Bertz CT molecular complexity index is 1250. The van der Waals surface area contributed by atoms with E-state index >= 15 is 8.78 Å². The van der Waals surface area contributed by atoms with Crippen LogP contribution in [0.1, 0.15) is 38.7 Å². The average Bonchev–Trinajstić information content (AvgIpc) is 3.35. The fourth-order valence-electron chi connectivity index (χ4n) is 9.49. The number of alkyl halides is 2. The van der Waals surface area contributed by atoms with E-state index in [1.165, 1.54) is 18.2 Å². The summed E-state index contributed by atoms with van der Waals surface area (Å²) in [6, 6.07) is 7.54. The van der Waals surface area contributed by atoms with E-state index in [1.54, 1.807) is 6.92 Å². The maximum atomic E-state index is 17.4. The normalized spacial score (nSPS) is 45.7. The molecule has 0 amide bonds. The maximum absolute atomic E-state index is 17.4. The van der Waals surface area contributed by atoms with E-state index in [0.717, 1.165) is 5.56 Å². The largest absolute Gasteiger partial charge is 0.390 e. The van der Waals surface area contributed by atoms with Crippen molar-refractivity contribution in [1.29, 1.82) is 0 Å². The Hall–Kier alpha value is -1.93. The number of carbonyl (C=O) groups excluding carboxylic acids is 2. The fraction of sp³-hybridized carbons (Fsp3) is 0.600. The highest BCUT2D eigenvalue weighted by atomic mass is 35.5. The molecule has 1 aliphatic heterocycles. The van der Waals surface area contributed by atoms with Gasteiger partial charge in [-0.15, -0.1) is 0 Å². The molecular weight excluding hydrogens is 512 g/mol. The number of aliphatic hydroxyl groups is 2. The van der Waals surface area contributed by atoms with Crippen LogP contribution in [0.15, 0.2) is 48.1 Å². The van der Waals surface area contributed by atoms with Crippen molar-refractivity contribution in [1.82, 2.24) is 4.90 Å². The molecule has 204 valence electrons. The summed E-state index contributed by atoms with van der Waals surface area (Å²) in [6.07, 6.45) is 1.35. The number of ketones is 2. The SMILES string of the molecule is C[C@]12C=CC(=O)C=C1[C@@H](F)C[C@H]1C3C[C@H]4CN(Cc5ccc(Cl)cc5)C[C@@]4(C(=O)CO)[C@@]3(C)C[C@H](O)[C@@]12F. The highest BCUT2D eigenvalue weighted by Gasteiger charge is 2.78. The van der Waals surface area contributed by atoms with Gasteiger partial charge in [-0.2, -0.15) is 0 Å². The Labute approximate surface area is 226 Å². The number of allylic oxidation sites excluding steroid dienone is 4. The van der Waals surface area contributed by atoms with Gasteiger partial charge in [-0.3, -0.25) is 14.5 Å². The number of aliphatic hydroxyl groups excluding tert-OH is 2. The minimum absolute atomic E-state index is 0.0311. The lowest BCUT2D eigenvalue weighted by Gasteiger charge is -2.63. The minimum atomic E-state index is -2.17. The van der Waals surface area contributed by atoms with Crippen LogP contribution in [0.25, 0.3) is 0 Å². The third-order valence-electron chi connectivity index (χ3n) is 11.2. The Balaban J connectivity index is 1.39. The van der Waals surface area contributed by atoms with E-state index in [-0.39, 0.29) is 41.8 Å². The first kappa shape index (κ1) is 26.3. The molecule has 8 heteroatoms. The summed E-state index contributed by atoms with van der Waals surface area (Å²) >= 11 is 6.04. The summed E-state index contributed by atoms with van der Waals surface area (Å²) in [5.41, 5.74) is -4.27. The first-order valence-corrected chi connectivity index (χ1v) is 13.9. The molecule has 1 heterocycles. The number of carbonyl (C=O) groups is 2. The van der Waals surface area contributed by atoms with Gasteiger partial charge >= 0.3 is 0 Å². The lowest BCUT2D eigenvalue weighted by Crippen LogP contribution is -2.69. The van der Waals surface area contributed by atoms with Gasteiger partial charge in [0, 0.05) is 36.0 Å². The van der Waals surface area contributed by atoms with Gasteiger partial charge in [0.2, 0.25) is 0 Å². The predicted octanol–water partition coefficient (Wildman–Crippen LogP) is 4.25. The average molecular weight is 546 g/mol. The second kappa shape index (κ2) is 8.53. The monoisotopic (exact) mass is 545 g/mol. The Morgan fingerprint density at radius 2 is 1.89 bits per heavy atom. The highest BCUT2D eigenvalue weighted by Crippen LogP contribution is 2.74. The van der Waals surface area contributed by atoms with Crippen molar-refractivity contribution in [3.8, 4) is 0 Å².